The van der Waals surface area contributed by atoms with E-state index in [-0.39, 0.29) is 5.54 Å². The van der Waals surface area contributed by atoms with Crippen molar-refractivity contribution >= 4 is 28.8 Å². The zero-order valence-electron chi connectivity index (χ0n) is 19.0. The third-order valence-electron chi connectivity index (χ3n) is 5.59. The van der Waals surface area contributed by atoms with Crippen molar-refractivity contribution in [3.8, 4) is 0 Å². The van der Waals surface area contributed by atoms with Gasteiger partial charge in [0, 0.05) is 55.1 Å². The average molecular weight is 431 g/mol. The summed E-state index contributed by atoms with van der Waals surface area (Å²) in [5.41, 5.74) is 3.02. The van der Waals surface area contributed by atoms with Crippen LogP contribution >= 0.6 is 0 Å². The summed E-state index contributed by atoms with van der Waals surface area (Å²) < 4.78 is 0. The van der Waals surface area contributed by atoms with Crippen molar-refractivity contribution in [2.75, 3.05) is 38.0 Å². The number of carbonyl (C=O) groups is 2. The molecule has 0 spiro atoms. The van der Waals surface area contributed by atoms with E-state index in [0.717, 1.165) is 22.6 Å². The van der Waals surface area contributed by atoms with Crippen molar-refractivity contribution in [3.05, 3.63) is 71.8 Å². The van der Waals surface area contributed by atoms with Gasteiger partial charge in [-0.15, -0.1) is 0 Å². The number of anilines is 1. The number of nitrogens with zero attached hydrogens (tertiary/aromatic N) is 3. The van der Waals surface area contributed by atoms with Crippen LogP contribution in [0.5, 0.6) is 0 Å². The van der Waals surface area contributed by atoms with Gasteiger partial charge in [-0.3, -0.25) is 14.6 Å². The normalized spacial score (nSPS) is 16.7. The van der Waals surface area contributed by atoms with Crippen LogP contribution in [0.3, 0.4) is 0 Å². The van der Waals surface area contributed by atoms with Crippen molar-refractivity contribution in [3.63, 3.8) is 0 Å². The molecule has 0 bridgehead atoms. The van der Waals surface area contributed by atoms with Crippen LogP contribution in [0.4, 0.5) is 5.69 Å². The molecule has 2 aromatic carbocycles. The first-order valence-corrected chi connectivity index (χ1v) is 11.1. The molecule has 6 nitrogen and oxygen atoms in total. The number of piperazine rings is 1. The monoisotopic (exact) mass is 430 g/mol. The van der Waals surface area contributed by atoms with Gasteiger partial charge < -0.3 is 15.1 Å². The molecule has 0 radical (unpaired) electrons. The number of rotatable bonds is 3. The molecule has 2 heterocycles. The van der Waals surface area contributed by atoms with E-state index in [1.54, 1.807) is 4.90 Å². The van der Waals surface area contributed by atoms with Crippen LogP contribution in [0.2, 0.25) is 0 Å². The molecule has 32 heavy (non-hydrogen) atoms. The quantitative estimate of drug-likeness (QED) is 0.460. The molecule has 0 unspecified atom stereocenters. The molecule has 0 aromatic heterocycles. The lowest BCUT2D eigenvalue weighted by Gasteiger charge is -2.37. The fourth-order valence-electron chi connectivity index (χ4n) is 4.06. The second-order valence-corrected chi connectivity index (χ2v) is 9.12. The highest BCUT2D eigenvalue weighted by Gasteiger charge is 2.31. The van der Waals surface area contributed by atoms with Crippen LogP contribution in [0.15, 0.2) is 65.7 Å². The van der Waals surface area contributed by atoms with Gasteiger partial charge >= 0.3 is 0 Å². The topological polar surface area (TPSA) is 65.0 Å². The molecule has 166 valence electrons. The molecule has 1 N–H and O–H groups in total. The van der Waals surface area contributed by atoms with Gasteiger partial charge in [-0.2, -0.15) is 0 Å². The van der Waals surface area contributed by atoms with Gasteiger partial charge in [0.2, 0.25) is 0 Å². The van der Waals surface area contributed by atoms with Gasteiger partial charge in [0.15, 0.2) is 0 Å². The maximum atomic E-state index is 13.1. The molecule has 1 saturated heterocycles. The second kappa shape index (κ2) is 8.99. The number of hydrogen-bond donors (Lipinski definition) is 1. The Kier molecular flexibility index (Phi) is 6.12. The standard InChI is InChI=1S/C26H30N4O2/c1-26(2,3)28-24(19-9-5-4-6-10-19)29-15-17-30(18-16-29)25(32)23(31)21-13-14-27-22-12-8-7-11-20(21)22/h4-13,27H,14-18H2,1-3H3. The number of amidine groups is 1. The van der Waals surface area contributed by atoms with E-state index in [9.17, 15) is 9.59 Å². The van der Waals surface area contributed by atoms with E-state index in [1.807, 2.05) is 48.5 Å². The van der Waals surface area contributed by atoms with Crippen LogP contribution in [0, 0.1) is 0 Å². The van der Waals surface area contributed by atoms with Crippen molar-refractivity contribution in [1.82, 2.24) is 9.80 Å². The Labute approximate surface area is 189 Å². The summed E-state index contributed by atoms with van der Waals surface area (Å²) in [6.45, 7) is 9.06. The number of hydrogen-bond acceptors (Lipinski definition) is 4. The smallest absolute Gasteiger partial charge is 0.295 e. The van der Waals surface area contributed by atoms with Crippen LogP contribution < -0.4 is 5.32 Å². The molecule has 6 heteroatoms. The Morgan fingerprint density at radius 1 is 0.875 bits per heavy atom. The Bertz CT molecular complexity index is 1060. The first-order valence-electron chi connectivity index (χ1n) is 11.1. The highest BCUT2D eigenvalue weighted by Crippen LogP contribution is 2.28. The predicted octanol–water partition coefficient (Wildman–Crippen LogP) is 3.45. The van der Waals surface area contributed by atoms with Gasteiger partial charge in [0.25, 0.3) is 11.7 Å². The van der Waals surface area contributed by atoms with Crippen molar-refractivity contribution in [2.24, 2.45) is 4.99 Å². The number of aliphatic imine (C=N–C) groups is 1. The number of ketones is 1. The molecule has 4 rings (SSSR count). The zero-order valence-corrected chi connectivity index (χ0v) is 19.0. The van der Waals surface area contributed by atoms with Crippen LogP contribution in [0.1, 0.15) is 31.9 Å². The number of carbonyl (C=O) groups excluding carboxylic acids is 2. The average Bonchev–Trinajstić information content (AvgIpc) is 2.81. The summed E-state index contributed by atoms with van der Waals surface area (Å²) in [6, 6.07) is 17.8. The summed E-state index contributed by atoms with van der Waals surface area (Å²) in [5.74, 6) is 0.0761. The lowest BCUT2D eigenvalue weighted by Crippen LogP contribution is -2.52. The zero-order chi connectivity index (χ0) is 22.7. The minimum Gasteiger partial charge on any atom is -0.381 e. The maximum absolute atomic E-state index is 13.1. The minimum absolute atomic E-state index is 0.219. The lowest BCUT2D eigenvalue weighted by atomic mass is 9.96. The number of Topliss-reactive ketones (excluding diaryl/α,β-unsaturated/α-hetero) is 1. The van der Waals surface area contributed by atoms with E-state index < -0.39 is 11.7 Å². The third kappa shape index (κ3) is 4.74. The minimum atomic E-state index is -0.431. The fourth-order valence-corrected chi connectivity index (χ4v) is 4.06. The first kappa shape index (κ1) is 21.8. The Morgan fingerprint density at radius 3 is 2.19 bits per heavy atom. The van der Waals surface area contributed by atoms with Crippen molar-refractivity contribution in [1.29, 1.82) is 0 Å². The molecule has 0 saturated carbocycles. The summed E-state index contributed by atoms with van der Waals surface area (Å²) in [4.78, 5) is 35.0. The molecule has 0 atom stereocenters. The number of fused-ring (bicyclic) bond motifs is 1. The van der Waals surface area contributed by atoms with Crippen LogP contribution in [-0.2, 0) is 9.59 Å². The number of nitrogens with one attached hydrogen (secondary N) is 1. The van der Waals surface area contributed by atoms with Crippen LogP contribution in [-0.4, -0.2) is 65.6 Å². The molecule has 1 fully saturated rings. The molecule has 2 aromatic rings. The molecule has 2 aliphatic heterocycles. The van der Waals surface area contributed by atoms with Gasteiger partial charge in [-0.25, -0.2) is 0 Å². The Morgan fingerprint density at radius 2 is 1.50 bits per heavy atom. The fraction of sp³-hybridized carbons (Fsp3) is 0.346. The highest BCUT2D eigenvalue weighted by atomic mass is 16.2. The third-order valence-corrected chi connectivity index (χ3v) is 5.59. The lowest BCUT2D eigenvalue weighted by molar-refractivity contribution is -0.142. The number of amides is 1. The molecule has 0 aliphatic carbocycles. The maximum Gasteiger partial charge on any atom is 0.295 e. The molecular formula is C26H30N4O2. The van der Waals surface area contributed by atoms with Crippen molar-refractivity contribution < 1.29 is 9.59 Å². The summed E-state index contributed by atoms with van der Waals surface area (Å²) >= 11 is 0. The molecule has 1 amide bonds. The summed E-state index contributed by atoms with van der Waals surface area (Å²) in [6.07, 6.45) is 1.81. The van der Waals surface area contributed by atoms with Gasteiger partial charge in [-0.1, -0.05) is 54.6 Å². The van der Waals surface area contributed by atoms with E-state index >= 15 is 0 Å². The number of para-hydroxylation sites is 1. The molecule has 2 aliphatic rings. The van der Waals surface area contributed by atoms with Gasteiger partial charge in [0.1, 0.15) is 5.84 Å². The highest BCUT2D eigenvalue weighted by molar-refractivity contribution is 6.53. The van der Waals surface area contributed by atoms with Gasteiger partial charge in [0.05, 0.1) is 5.54 Å². The van der Waals surface area contributed by atoms with E-state index in [2.05, 4.69) is 43.1 Å². The van der Waals surface area contributed by atoms with Crippen molar-refractivity contribution in [2.45, 2.75) is 26.3 Å². The molecular weight excluding hydrogens is 400 g/mol. The summed E-state index contributed by atoms with van der Waals surface area (Å²) in [7, 11) is 0. The van der Waals surface area contributed by atoms with Crippen LogP contribution in [0.25, 0.3) is 5.57 Å². The SMILES string of the molecule is CC(C)(C)N=C(c1ccccc1)N1CCN(C(=O)C(=O)C2=CCNc3ccccc32)CC1. The van der Waals surface area contributed by atoms with E-state index in [1.165, 1.54) is 0 Å². The Balaban J connectivity index is 1.47. The predicted molar refractivity (Wildman–Crippen MR) is 129 cm³/mol. The first-order chi connectivity index (χ1) is 15.3. The van der Waals surface area contributed by atoms with E-state index in [4.69, 9.17) is 4.99 Å². The Hall–Kier alpha value is -3.41. The number of benzene rings is 2. The summed E-state index contributed by atoms with van der Waals surface area (Å²) in [5, 5.41) is 3.24. The largest absolute Gasteiger partial charge is 0.381 e. The van der Waals surface area contributed by atoms with E-state index in [0.29, 0.717) is 38.3 Å². The second-order valence-electron chi connectivity index (χ2n) is 9.12. The van der Waals surface area contributed by atoms with Gasteiger partial charge in [-0.05, 0) is 26.8 Å².